The van der Waals surface area contributed by atoms with Crippen LogP contribution in [0, 0.1) is 5.41 Å². The molecule has 0 radical (unpaired) electrons. The largest absolute Gasteiger partial charge is 0.319 e. The summed E-state index contributed by atoms with van der Waals surface area (Å²) in [5.41, 5.74) is 1.70. The Bertz CT molecular complexity index is 474. The first-order chi connectivity index (χ1) is 8.81. The summed E-state index contributed by atoms with van der Waals surface area (Å²) in [5, 5.41) is 5.49. The highest BCUT2D eigenvalue weighted by atomic mass is 32.1. The number of hydrogen-bond donors (Lipinski definition) is 1. The van der Waals surface area contributed by atoms with Gasteiger partial charge in [0.25, 0.3) is 0 Å². The molecular weight excluding hydrogens is 242 g/mol. The van der Waals surface area contributed by atoms with Crippen molar-refractivity contribution in [2.75, 3.05) is 13.6 Å². The molecule has 0 bridgehead atoms. The highest BCUT2D eigenvalue weighted by Crippen LogP contribution is 2.38. The van der Waals surface area contributed by atoms with Gasteiger partial charge in [-0.15, -0.1) is 11.3 Å². The molecule has 0 amide bonds. The number of rotatable bonds is 4. The van der Waals surface area contributed by atoms with Crippen LogP contribution >= 0.6 is 11.3 Å². The van der Waals surface area contributed by atoms with Crippen LogP contribution < -0.4 is 5.32 Å². The van der Waals surface area contributed by atoms with Crippen molar-refractivity contribution in [1.82, 2.24) is 14.7 Å². The molecule has 98 valence electrons. The van der Waals surface area contributed by atoms with Crippen LogP contribution in [0.15, 0.2) is 17.8 Å². The van der Waals surface area contributed by atoms with E-state index in [-0.39, 0.29) is 0 Å². The fourth-order valence-electron chi connectivity index (χ4n) is 3.34. The minimum atomic E-state index is 0.441. The summed E-state index contributed by atoms with van der Waals surface area (Å²) in [6.45, 7) is 1.12. The SMILES string of the molecule is CNCC1(Cc2cn3ccsc3n2)CCCCC1. The van der Waals surface area contributed by atoms with Crippen molar-refractivity contribution in [2.24, 2.45) is 5.41 Å². The lowest BCUT2D eigenvalue weighted by molar-refractivity contribution is 0.183. The standard InChI is InChI=1S/C14H21N3S/c1-15-11-14(5-3-2-4-6-14)9-12-10-17-7-8-18-13(17)16-12/h7-8,10,15H,2-6,9,11H2,1H3. The van der Waals surface area contributed by atoms with Crippen molar-refractivity contribution in [3.63, 3.8) is 0 Å². The molecule has 2 heterocycles. The van der Waals surface area contributed by atoms with Crippen molar-refractivity contribution in [3.8, 4) is 0 Å². The lowest BCUT2D eigenvalue weighted by Gasteiger charge is -2.36. The lowest BCUT2D eigenvalue weighted by atomic mass is 9.71. The molecule has 0 spiro atoms. The zero-order valence-corrected chi connectivity index (χ0v) is 11.8. The number of nitrogens with zero attached hydrogens (tertiary/aromatic N) is 2. The first kappa shape index (κ1) is 12.2. The average molecular weight is 263 g/mol. The van der Waals surface area contributed by atoms with Crippen LogP contribution in [0.5, 0.6) is 0 Å². The minimum absolute atomic E-state index is 0.441. The Balaban J connectivity index is 1.81. The highest BCUT2D eigenvalue weighted by molar-refractivity contribution is 7.15. The van der Waals surface area contributed by atoms with Gasteiger partial charge in [-0.1, -0.05) is 19.3 Å². The van der Waals surface area contributed by atoms with Crippen LogP contribution in [-0.4, -0.2) is 23.0 Å². The number of nitrogens with one attached hydrogen (secondary N) is 1. The number of hydrogen-bond acceptors (Lipinski definition) is 3. The van der Waals surface area contributed by atoms with Gasteiger partial charge in [0.1, 0.15) is 0 Å². The third kappa shape index (κ3) is 2.31. The van der Waals surface area contributed by atoms with Gasteiger partial charge in [-0.3, -0.25) is 4.40 Å². The smallest absolute Gasteiger partial charge is 0.193 e. The summed E-state index contributed by atoms with van der Waals surface area (Å²) in [4.78, 5) is 5.87. The van der Waals surface area contributed by atoms with Gasteiger partial charge < -0.3 is 5.32 Å². The maximum atomic E-state index is 4.75. The molecule has 0 atom stereocenters. The quantitative estimate of drug-likeness (QED) is 0.918. The Labute approximate surface area is 112 Å². The minimum Gasteiger partial charge on any atom is -0.319 e. The van der Waals surface area contributed by atoms with Gasteiger partial charge in [-0.2, -0.15) is 0 Å². The number of fused-ring (bicyclic) bond motifs is 1. The molecule has 0 unspecified atom stereocenters. The number of thiazole rings is 1. The molecule has 0 saturated heterocycles. The number of aromatic nitrogens is 2. The van der Waals surface area contributed by atoms with Gasteiger partial charge in [0.05, 0.1) is 5.69 Å². The van der Waals surface area contributed by atoms with E-state index in [9.17, 15) is 0 Å². The predicted molar refractivity (Wildman–Crippen MR) is 76.2 cm³/mol. The summed E-state index contributed by atoms with van der Waals surface area (Å²) in [6.07, 6.45) is 12.3. The second-order valence-corrected chi connectivity index (χ2v) is 6.47. The Kier molecular flexibility index (Phi) is 3.39. The maximum absolute atomic E-state index is 4.75. The monoisotopic (exact) mass is 263 g/mol. The van der Waals surface area contributed by atoms with Crippen LogP contribution in [0.3, 0.4) is 0 Å². The molecule has 4 heteroatoms. The summed E-state index contributed by atoms with van der Waals surface area (Å²) < 4.78 is 2.15. The molecule has 18 heavy (non-hydrogen) atoms. The van der Waals surface area contributed by atoms with E-state index in [1.807, 2.05) is 0 Å². The molecule has 1 N–H and O–H groups in total. The fraction of sp³-hybridized carbons (Fsp3) is 0.643. The highest BCUT2D eigenvalue weighted by Gasteiger charge is 2.32. The van der Waals surface area contributed by atoms with E-state index >= 15 is 0 Å². The molecule has 1 saturated carbocycles. The van der Waals surface area contributed by atoms with E-state index in [0.29, 0.717) is 5.41 Å². The topological polar surface area (TPSA) is 29.3 Å². The van der Waals surface area contributed by atoms with Crippen molar-refractivity contribution in [3.05, 3.63) is 23.5 Å². The lowest BCUT2D eigenvalue weighted by Crippen LogP contribution is -2.36. The van der Waals surface area contributed by atoms with Gasteiger partial charge in [0, 0.05) is 24.3 Å². The van der Waals surface area contributed by atoms with Crippen LogP contribution in [0.1, 0.15) is 37.8 Å². The van der Waals surface area contributed by atoms with Gasteiger partial charge in [-0.05, 0) is 31.7 Å². The molecule has 2 aromatic heterocycles. The van der Waals surface area contributed by atoms with E-state index in [4.69, 9.17) is 4.98 Å². The second kappa shape index (κ2) is 5.02. The summed E-state index contributed by atoms with van der Waals surface area (Å²) in [5.74, 6) is 0. The summed E-state index contributed by atoms with van der Waals surface area (Å²) >= 11 is 1.72. The molecule has 3 nitrogen and oxygen atoms in total. The molecule has 2 aromatic rings. The molecule has 1 aliphatic carbocycles. The molecule has 0 aromatic carbocycles. The third-order valence-corrected chi connectivity index (χ3v) is 4.94. The Morgan fingerprint density at radius 2 is 2.22 bits per heavy atom. The predicted octanol–water partition coefficient (Wildman–Crippen LogP) is 3.11. The van der Waals surface area contributed by atoms with Crippen molar-refractivity contribution < 1.29 is 0 Å². The van der Waals surface area contributed by atoms with Crippen LogP contribution in [0.25, 0.3) is 4.96 Å². The van der Waals surface area contributed by atoms with E-state index < -0.39 is 0 Å². The van der Waals surface area contributed by atoms with E-state index in [1.165, 1.54) is 37.8 Å². The van der Waals surface area contributed by atoms with Crippen LogP contribution in [0.2, 0.25) is 0 Å². The van der Waals surface area contributed by atoms with Crippen molar-refractivity contribution >= 4 is 16.3 Å². The zero-order valence-electron chi connectivity index (χ0n) is 11.0. The fourth-order valence-corrected chi connectivity index (χ4v) is 4.06. The molecule has 1 aliphatic rings. The number of imidazole rings is 1. The third-order valence-electron chi connectivity index (χ3n) is 4.17. The van der Waals surface area contributed by atoms with Gasteiger partial charge in [0.15, 0.2) is 4.96 Å². The Hall–Kier alpha value is -0.870. The van der Waals surface area contributed by atoms with Crippen LogP contribution in [-0.2, 0) is 6.42 Å². The van der Waals surface area contributed by atoms with Crippen molar-refractivity contribution in [2.45, 2.75) is 38.5 Å². The van der Waals surface area contributed by atoms with Gasteiger partial charge in [0.2, 0.25) is 0 Å². The Morgan fingerprint density at radius 3 is 2.94 bits per heavy atom. The zero-order chi connectivity index (χ0) is 12.4. The summed E-state index contributed by atoms with van der Waals surface area (Å²) in [7, 11) is 2.07. The first-order valence-corrected chi connectivity index (χ1v) is 7.75. The second-order valence-electron chi connectivity index (χ2n) is 5.59. The van der Waals surface area contributed by atoms with E-state index in [2.05, 4.69) is 34.5 Å². The first-order valence-electron chi connectivity index (χ1n) is 6.87. The van der Waals surface area contributed by atoms with Crippen molar-refractivity contribution in [1.29, 1.82) is 0 Å². The molecule has 0 aliphatic heterocycles. The Morgan fingerprint density at radius 1 is 1.39 bits per heavy atom. The van der Waals surface area contributed by atoms with Gasteiger partial charge in [-0.25, -0.2) is 4.98 Å². The summed E-state index contributed by atoms with van der Waals surface area (Å²) in [6, 6.07) is 0. The van der Waals surface area contributed by atoms with E-state index in [0.717, 1.165) is 17.9 Å². The molecular formula is C14H21N3S. The molecule has 1 fully saturated rings. The maximum Gasteiger partial charge on any atom is 0.193 e. The van der Waals surface area contributed by atoms with Gasteiger partial charge >= 0.3 is 0 Å². The van der Waals surface area contributed by atoms with Crippen LogP contribution in [0.4, 0.5) is 0 Å². The normalized spacial score (nSPS) is 19.4. The van der Waals surface area contributed by atoms with E-state index in [1.54, 1.807) is 11.3 Å². The molecule has 3 rings (SSSR count). The average Bonchev–Trinajstić information content (AvgIpc) is 2.91.